The van der Waals surface area contributed by atoms with Crippen molar-refractivity contribution in [1.29, 1.82) is 0 Å². The fourth-order valence-corrected chi connectivity index (χ4v) is 5.82. The smallest absolute Gasteiger partial charge is 0.163 e. The Balaban J connectivity index is 1.23. The average Bonchev–Trinajstić information content (AvgIpc) is 3.46. The van der Waals surface area contributed by atoms with Crippen molar-refractivity contribution >= 4 is 27.6 Å². The molecule has 1 aromatic carbocycles. The zero-order valence-corrected chi connectivity index (χ0v) is 19.0. The lowest BCUT2D eigenvalue weighted by Gasteiger charge is -2.24. The van der Waals surface area contributed by atoms with Gasteiger partial charge >= 0.3 is 0 Å². The molecule has 6 rings (SSSR count). The van der Waals surface area contributed by atoms with Gasteiger partial charge in [-0.3, -0.25) is 4.98 Å². The Bertz CT molecular complexity index is 1310. The average molecular weight is 444 g/mol. The first-order valence-corrected chi connectivity index (χ1v) is 11.7. The largest absolute Gasteiger partial charge is 0.383 e. The first-order chi connectivity index (χ1) is 16.0. The monoisotopic (exact) mass is 443 g/mol. The Morgan fingerprint density at radius 3 is 2.88 bits per heavy atom. The van der Waals surface area contributed by atoms with Gasteiger partial charge in [0.15, 0.2) is 5.79 Å². The van der Waals surface area contributed by atoms with E-state index in [1.54, 1.807) is 0 Å². The van der Waals surface area contributed by atoms with Crippen LogP contribution in [0.5, 0.6) is 0 Å². The van der Waals surface area contributed by atoms with Crippen molar-refractivity contribution in [3.05, 3.63) is 60.8 Å². The first kappa shape index (κ1) is 20.6. The van der Waals surface area contributed by atoms with E-state index in [4.69, 9.17) is 15.2 Å². The molecular formula is C26H29N5O2. The van der Waals surface area contributed by atoms with Gasteiger partial charge < -0.3 is 19.8 Å². The van der Waals surface area contributed by atoms with Gasteiger partial charge in [0.25, 0.3) is 0 Å². The van der Waals surface area contributed by atoms with Crippen molar-refractivity contribution in [2.45, 2.75) is 63.6 Å². The summed E-state index contributed by atoms with van der Waals surface area (Å²) in [7, 11) is 0. The van der Waals surface area contributed by atoms with Gasteiger partial charge in [-0.05, 0) is 68.5 Å². The van der Waals surface area contributed by atoms with Crippen molar-refractivity contribution in [1.82, 2.24) is 19.5 Å². The molecule has 7 nitrogen and oxygen atoms in total. The standard InChI is InChI=1S/C26H29N5O2/c1-26(2)32-22-18(8-4-6-16-5-3-7-17-9-11-28-14-20(16)17)13-21(23(22)33-26)31-12-10-19-24(27)29-15-30-25(19)31/h3,5,7,9-12,14-15,18,21-23H,4,6,8,13H2,1-2H3,(H2,27,29,30)/t18-,21?,22+,23-/m0/s1. The van der Waals surface area contributed by atoms with Crippen LogP contribution in [0.15, 0.2) is 55.2 Å². The van der Waals surface area contributed by atoms with Crippen molar-refractivity contribution < 1.29 is 9.47 Å². The maximum atomic E-state index is 6.42. The van der Waals surface area contributed by atoms with Gasteiger partial charge in [-0.15, -0.1) is 0 Å². The molecule has 7 heteroatoms. The molecule has 1 aliphatic carbocycles. The van der Waals surface area contributed by atoms with E-state index in [-0.39, 0.29) is 18.2 Å². The highest BCUT2D eigenvalue weighted by atomic mass is 16.8. The van der Waals surface area contributed by atoms with Gasteiger partial charge in [0.2, 0.25) is 0 Å². The molecule has 1 saturated heterocycles. The topological polar surface area (TPSA) is 88.1 Å². The Kier molecular flexibility index (Phi) is 4.85. The number of hydrogen-bond donors (Lipinski definition) is 1. The van der Waals surface area contributed by atoms with Gasteiger partial charge in [0, 0.05) is 24.0 Å². The number of fused-ring (bicyclic) bond motifs is 3. The Hall–Kier alpha value is -3.03. The zero-order chi connectivity index (χ0) is 22.6. The summed E-state index contributed by atoms with van der Waals surface area (Å²) in [6, 6.07) is 10.8. The summed E-state index contributed by atoms with van der Waals surface area (Å²) < 4.78 is 15.0. The Morgan fingerprint density at radius 1 is 1.09 bits per heavy atom. The maximum absolute atomic E-state index is 6.42. The lowest BCUT2D eigenvalue weighted by atomic mass is 9.95. The number of nitrogen functional groups attached to an aromatic ring is 1. The number of rotatable bonds is 5. The Morgan fingerprint density at radius 2 is 1.97 bits per heavy atom. The molecule has 2 N–H and O–H groups in total. The molecule has 2 fully saturated rings. The predicted octanol–water partition coefficient (Wildman–Crippen LogP) is 4.67. The first-order valence-electron chi connectivity index (χ1n) is 11.7. The number of anilines is 1. The number of aromatic nitrogens is 4. The molecule has 170 valence electrons. The van der Waals surface area contributed by atoms with Crippen LogP contribution in [-0.2, 0) is 15.9 Å². The summed E-state index contributed by atoms with van der Waals surface area (Å²) in [6.07, 6.45) is 11.7. The number of nitrogens with zero attached hydrogens (tertiary/aromatic N) is 4. The van der Waals surface area contributed by atoms with Crippen molar-refractivity contribution in [2.24, 2.45) is 5.92 Å². The molecular weight excluding hydrogens is 414 g/mol. The molecule has 1 aliphatic heterocycles. The molecule has 1 unspecified atom stereocenters. The summed E-state index contributed by atoms with van der Waals surface area (Å²) in [5.74, 6) is 0.356. The van der Waals surface area contributed by atoms with E-state index in [0.717, 1.165) is 36.7 Å². The van der Waals surface area contributed by atoms with Crippen LogP contribution in [0.25, 0.3) is 21.8 Å². The SMILES string of the molecule is CC1(C)O[C@@H]2[C@@H](CCCc3cccc4ccncc34)CC(n3ccc4c(N)ncnc43)[C@@H]2O1. The van der Waals surface area contributed by atoms with Crippen LogP contribution in [0, 0.1) is 5.92 Å². The van der Waals surface area contributed by atoms with E-state index in [1.807, 2.05) is 32.3 Å². The van der Waals surface area contributed by atoms with E-state index >= 15 is 0 Å². The van der Waals surface area contributed by atoms with Gasteiger partial charge in [0.1, 0.15) is 23.9 Å². The molecule has 33 heavy (non-hydrogen) atoms. The van der Waals surface area contributed by atoms with E-state index in [0.29, 0.717) is 11.7 Å². The zero-order valence-electron chi connectivity index (χ0n) is 19.0. The van der Waals surface area contributed by atoms with Crippen LogP contribution >= 0.6 is 0 Å². The van der Waals surface area contributed by atoms with E-state index < -0.39 is 5.79 Å². The summed E-state index contributed by atoms with van der Waals surface area (Å²) >= 11 is 0. The molecule has 4 aromatic rings. The number of benzene rings is 1. The second kappa shape index (κ2) is 7.78. The van der Waals surface area contributed by atoms with Gasteiger partial charge in [-0.25, -0.2) is 9.97 Å². The van der Waals surface area contributed by atoms with Crippen LogP contribution in [-0.4, -0.2) is 37.5 Å². The quantitative estimate of drug-likeness (QED) is 0.482. The van der Waals surface area contributed by atoms with Crippen molar-refractivity contribution in [3.8, 4) is 0 Å². The van der Waals surface area contributed by atoms with Crippen LogP contribution < -0.4 is 5.73 Å². The van der Waals surface area contributed by atoms with Gasteiger partial charge in [-0.1, -0.05) is 18.2 Å². The Labute approximate surface area is 192 Å². The number of pyridine rings is 1. The van der Waals surface area contributed by atoms with Crippen molar-refractivity contribution in [2.75, 3.05) is 5.73 Å². The van der Waals surface area contributed by atoms with Crippen LogP contribution in [0.2, 0.25) is 0 Å². The lowest BCUT2D eigenvalue weighted by Crippen LogP contribution is -2.27. The van der Waals surface area contributed by atoms with Crippen LogP contribution in [0.3, 0.4) is 0 Å². The number of nitrogens with two attached hydrogens (primary N) is 1. The molecule has 3 aromatic heterocycles. The molecule has 0 bridgehead atoms. The summed E-state index contributed by atoms with van der Waals surface area (Å²) in [6.45, 7) is 4.02. The summed E-state index contributed by atoms with van der Waals surface area (Å²) in [5.41, 5.74) is 8.31. The summed E-state index contributed by atoms with van der Waals surface area (Å²) in [5, 5.41) is 3.39. The molecule has 0 amide bonds. The van der Waals surface area contributed by atoms with Gasteiger partial charge in [-0.2, -0.15) is 0 Å². The van der Waals surface area contributed by atoms with Gasteiger partial charge in [0.05, 0.1) is 17.5 Å². The maximum Gasteiger partial charge on any atom is 0.163 e. The molecule has 0 spiro atoms. The normalized spacial score (nSPS) is 26.2. The third kappa shape index (κ3) is 3.56. The third-order valence-electron chi connectivity index (χ3n) is 7.24. The van der Waals surface area contributed by atoms with Crippen LogP contribution in [0.4, 0.5) is 5.82 Å². The van der Waals surface area contributed by atoms with Crippen LogP contribution in [0.1, 0.15) is 44.7 Å². The molecule has 4 atom stereocenters. The highest BCUT2D eigenvalue weighted by molar-refractivity contribution is 5.86. The van der Waals surface area contributed by atoms with E-state index in [9.17, 15) is 0 Å². The fourth-order valence-electron chi connectivity index (χ4n) is 5.82. The molecule has 2 aliphatic rings. The minimum atomic E-state index is -0.579. The minimum Gasteiger partial charge on any atom is -0.383 e. The van der Waals surface area contributed by atoms with E-state index in [1.165, 1.54) is 22.7 Å². The molecule has 1 saturated carbocycles. The lowest BCUT2D eigenvalue weighted by molar-refractivity contribution is -0.160. The highest BCUT2D eigenvalue weighted by Gasteiger charge is 2.54. The predicted molar refractivity (Wildman–Crippen MR) is 128 cm³/mol. The highest BCUT2D eigenvalue weighted by Crippen LogP contribution is 2.49. The van der Waals surface area contributed by atoms with E-state index in [2.05, 4.69) is 50.0 Å². The molecule has 4 heterocycles. The number of ether oxygens (including phenoxy) is 2. The second-order valence-corrected chi connectivity index (χ2v) is 9.75. The number of aryl methyl sites for hydroxylation is 1. The van der Waals surface area contributed by atoms with Crippen molar-refractivity contribution in [3.63, 3.8) is 0 Å². The minimum absolute atomic E-state index is 0.00135. The fraction of sp³-hybridized carbons (Fsp3) is 0.423. The second-order valence-electron chi connectivity index (χ2n) is 9.75. The summed E-state index contributed by atoms with van der Waals surface area (Å²) in [4.78, 5) is 13.0. The molecule has 0 radical (unpaired) electrons. The number of hydrogen-bond acceptors (Lipinski definition) is 6. The third-order valence-corrected chi connectivity index (χ3v) is 7.24.